The summed E-state index contributed by atoms with van der Waals surface area (Å²) in [5, 5.41) is 0. The Morgan fingerprint density at radius 2 is 0.589 bits per heavy atom. The molecular weight excluding hydrogens is 1140 g/mol. The van der Waals surface area contributed by atoms with E-state index >= 15 is 0 Å². The summed E-state index contributed by atoms with van der Waals surface area (Å²) < 4.78 is 0. The highest BCUT2D eigenvalue weighted by molar-refractivity contribution is 7.00. The second-order valence-corrected chi connectivity index (χ2v) is 33.2. The fourth-order valence-corrected chi connectivity index (χ4v) is 17.9. The van der Waals surface area contributed by atoms with Gasteiger partial charge < -0.3 is 9.80 Å². The van der Waals surface area contributed by atoms with Crippen molar-refractivity contribution in [1.29, 1.82) is 0 Å². The lowest BCUT2D eigenvalue weighted by Crippen LogP contribution is -2.61. The standard InChI is InChI=1S/C92H91BN2/c1-88(2,3)70-39-33-62(34-40-70)68-37-43-81-79(48-68)93-80-49-69(63-35-41-71(42-36-63)89(4,5)6)38-44-82(80)95(87-77(66-29-21-15-22-30-66)52-73(91(10,11)12)53-78(87)67-31-23-16-24-32-67)84-55-74(92-56-59-45-60(57-92)47-61(46-59)58-92)54-83(85(84)93)94(81)86-75(64-25-17-13-18-26-64)50-72(90(7,8)9)51-76(86)65-27-19-14-20-28-65/h13-44,48-55,59-61H,45-47,56-58H2,1-12H3. The number of hydrogen-bond acceptors (Lipinski definition) is 2. The zero-order valence-corrected chi connectivity index (χ0v) is 58.0. The molecule has 6 aliphatic rings. The van der Waals surface area contributed by atoms with Gasteiger partial charge in [-0.1, -0.05) is 277 Å². The number of nitrogens with zero attached hydrogens (tertiary/aromatic N) is 2. The summed E-state index contributed by atoms with van der Waals surface area (Å²) in [4.78, 5) is 5.63. The van der Waals surface area contributed by atoms with Crippen LogP contribution in [0.15, 0.2) is 243 Å². The SMILES string of the molecule is CC(C)(C)c1ccc(-c2ccc3c(c2)B2c4cc(-c5ccc(C(C)(C)C)cc5)ccc4N(c4c(-c5ccccc5)cc(C(C)(C)C)cc4-c4ccccc4)c4cc(C56CC7CC(CC(C7)C5)C6)cc(c42)N3c2c(-c3ccccc3)cc(C(C)(C)C)cc2-c2ccccc2)cc1. The van der Waals surface area contributed by atoms with E-state index in [0.717, 1.165) is 17.8 Å². The van der Waals surface area contributed by atoms with E-state index in [-0.39, 0.29) is 33.8 Å². The minimum atomic E-state index is -0.158. The Hall–Kier alpha value is -8.92. The first-order valence-electron chi connectivity index (χ1n) is 35.4. The van der Waals surface area contributed by atoms with E-state index in [2.05, 4.69) is 336 Å². The maximum atomic E-state index is 2.81. The van der Waals surface area contributed by atoms with Crippen LogP contribution in [0.2, 0.25) is 0 Å². The van der Waals surface area contributed by atoms with Gasteiger partial charge >= 0.3 is 0 Å². The molecule has 95 heavy (non-hydrogen) atoms. The minimum absolute atomic E-state index is 0.0236. The highest BCUT2D eigenvalue weighted by Gasteiger charge is 2.54. The van der Waals surface area contributed by atoms with Crippen LogP contribution in [0.5, 0.6) is 0 Å². The van der Waals surface area contributed by atoms with Crippen LogP contribution < -0.4 is 26.2 Å². The monoisotopic (exact) mass is 1230 g/mol. The van der Waals surface area contributed by atoms with E-state index in [1.54, 1.807) is 0 Å². The topological polar surface area (TPSA) is 6.48 Å². The van der Waals surface area contributed by atoms with E-state index in [0.29, 0.717) is 0 Å². The first-order chi connectivity index (χ1) is 45.5. The van der Waals surface area contributed by atoms with Crippen LogP contribution in [0.3, 0.4) is 0 Å². The van der Waals surface area contributed by atoms with Crippen molar-refractivity contribution in [2.24, 2.45) is 17.8 Å². The van der Waals surface area contributed by atoms with Gasteiger partial charge in [-0.3, -0.25) is 0 Å². The molecule has 4 fully saturated rings. The molecule has 11 aromatic rings. The lowest BCUT2D eigenvalue weighted by atomic mass is 9.33. The molecular formula is C92H91BN2. The lowest BCUT2D eigenvalue weighted by molar-refractivity contribution is -0.00514. The Balaban J connectivity index is 1.09. The molecule has 4 aliphatic carbocycles. The summed E-state index contributed by atoms with van der Waals surface area (Å²) in [7, 11) is 0. The number of hydrogen-bond donors (Lipinski definition) is 0. The third-order valence-corrected chi connectivity index (χ3v) is 22.6. The van der Waals surface area contributed by atoms with Crippen LogP contribution in [0.25, 0.3) is 66.8 Å². The summed E-state index contributed by atoms with van der Waals surface area (Å²) in [6.07, 6.45) is 7.88. The molecule has 0 saturated heterocycles. The van der Waals surface area contributed by atoms with Crippen LogP contribution >= 0.6 is 0 Å². The molecule has 3 heteroatoms. The zero-order chi connectivity index (χ0) is 65.5. The highest BCUT2D eigenvalue weighted by atomic mass is 15.2. The van der Waals surface area contributed by atoms with E-state index in [1.807, 2.05) is 0 Å². The predicted octanol–water partition coefficient (Wildman–Crippen LogP) is 23.4. The van der Waals surface area contributed by atoms with Crippen LogP contribution in [-0.2, 0) is 27.1 Å². The molecule has 0 aromatic heterocycles. The smallest absolute Gasteiger partial charge is 0.252 e. The predicted molar refractivity (Wildman–Crippen MR) is 408 cm³/mol. The average molecular weight is 1240 g/mol. The van der Waals surface area contributed by atoms with Gasteiger partial charge in [0.25, 0.3) is 6.71 Å². The van der Waals surface area contributed by atoms with Crippen molar-refractivity contribution < 1.29 is 0 Å². The van der Waals surface area contributed by atoms with Crippen molar-refractivity contribution in [3.63, 3.8) is 0 Å². The van der Waals surface area contributed by atoms with Gasteiger partial charge in [-0.05, 0) is 221 Å². The maximum Gasteiger partial charge on any atom is 0.252 e. The van der Waals surface area contributed by atoms with Crippen molar-refractivity contribution in [1.82, 2.24) is 0 Å². The molecule has 2 aliphatic heterocycles. The molecule has 0 unspecified atom stereocenters. The van der Waals surface area contributed by atoms with Gasteiger partial charge in [-0.15, -0.1) is 0 Å². The molecule has 11 aromatic carbocycles. The highest BCUT2D eigenvalue weighted by Crippen LogP contribution is 2.63. The Bertz CT molecular complexity index is 4310. The van der Waals surface area contributed by atoms with Crippen LogP contribution in [0, 0.1) is 17.8 Å². The third-order valence-electron chi connectivity index (χ3n) is 22.6. The van der Waals surface area contributed by atoms with Crippen molar-refractivity contribution in [2.75, 3.05) is 9.80 Å². The fraction of sp³-hybridized carbons (Fsp3) is 0.283. The minimum Gasteiger partial charge on any atom is -0.310 e. The molecule has 0 radical (unpaired) electrons. The van der Waals surface area contributed by atoms with E-state index in [4.69, 9.17) is 0 Å². The van der Waals surface area contributed by atoms with Gasteiger partial charge in [0, 0.05) is 45.0 Å². The Kier molecular flexibility index (Phi) is 14.5. The summed E-state index contributed by atoms with van der Waals surface area (Å²) in [6, 6.07) is 95.3. The Labute approximate surface area is 567 Å². The van der Waals surface area contributed by atoms with Crippen molar-refractivity contribution in [3.8, 4) is 66.8 Å². The van der Waals surface area contributed by atoms with Crippen LogP contribution in [0.4, 0.5) is 34.1 Å². The second-order valence-electron chi connectivity index (χ2n) is 33.2. The summed E-state index contributed by atoms with van der Waals surface area (Å²) in [5.41, 5.74) is 32.8. The van der Waals surface area contributed by atoms with Gasteiger partial charge in [0.2, 0.25) is 0 Å². The molecule has 17 rings (SSSR count). The number of rotatable bonds is 9. The van der Waals surface area contributed by atoms with Gasteiger partial charge in [0.15, 0.2) is 0 Å². The van der Waals surface area contributed by atoms with Gasteiger partial charge in [0.1, 0.15) is 0 Å². The van der Waals surface area contributed by atoms with Crippen molar-refractivity contribution >= 4 is 57.2 Å². The zero-order valence-electron chi connectivity index (χ0n) is 58.0. The summed E-state index contributed by atoms with van der Waals surface area (Å²) in [5.74, 6) is 2.25. The molecule has 2 heterocycles. The van der Waals surface area contributed by atoms with E-state index < -0.39 is 0 Å². The van der Waals surface area contributed by atoms with Gasteiger partial charge in [0.05, 0.1) is 11.4 Å². The number of benzene rings is 11. The largest absolute Gasteiger partial charge is 0.310 e. The third kappa shape index (κ3) is 10.7. The lowest BCUT2D eigenvalue weighted by Gasteiger charge is -2.57. The second kappa shape index (κ2) is 22.6. The molecule has 4 saturated carbocycles. The summed E-state index contributed by atoms with van der Waals surface area (Å²) >= 11 is 0. The fourth-order valence-electron chi connectivity index (χ4n) is 17.9. The van der Waals surface area contributed by atoms with Gasteiger partial charge in [-0.2, -0.15) is 0 Å². The molecule has 472 valence electrons. The quantitative estimate of drug-likeness (QED) is 0.133. The molecule has 0 spiro atoms. The maximum absolute atomic E-state index is 2.81. The molecule has 0 atom stereocenters. The van der Waals surface area contributed by atoms with Crippen molar-refractivity contribution in [3.05, 3.63) is 270 Å². The molecule has 0 amide bonds. The van der Waals surface area contributed by atoms with Crippen molar-refractivity contribution in [2.45, 2.75) is 149 Å². The van der Waals surface area contributed by atoms with Gasteiger partial charge in [-0.25, -0.2) is 0 Å². The average Bonchev–Trinajstić information content (AvgIpc) is 0.684. The Morgan fingerprint density at radius 3 is 0.884 bits per heavy atom. The Morgan fingerprint density at radius 1 is 0.295 bits per heavy atom. The van der Waals surface area contributed by atoms with E-state index in [9.17, 15) is 0 Å². The number of anilines is 6. The van der Waals surface area contributed by atoms with E-state index in [1.165, 1.54) is 184 Å². The first-order valence-corrected chi connectivity index (χ1v) is 35.4. The molecule has 4 bridgehead atoms. The molecule has 0 N–H and O–H groups in total. The first kappa shape index (κ1) is 61.0. The summed E-state index contributed by atoms with van der Waals surface area (Å²) in [6.45, 7) is 28.1. The molecule has 2 nitrogen and oxygen atoms in total. The van der Waals surface area contributed by atoms with Crippen LogP contribution in [0.1, 0.15) is 149 Å². The normalized spacial score (nSPS) is 18.8. The van der Waals surface area contributed by atoms with Crippen LogP contribution in [-0.4, -0.2) is 6.71 Å². The number of fused-ring (bicyclic) bond motifs is 4.